The fourth-order valence-electron chi connectivity index (χ4n) is 9.87. The fraction of sp³-hybridized carbons (Fsp3) is 0.538. The highest BCUT2D eigenvalue weighted by atomic mass is 32.2. The van der Waals surface area contributed by atoms with E-state index in [1.54, 1.807) is 23.9 Å². The maximum Gasteiger partial charge on any atom is 0.193 e. The quantitative estimate of drug-likeness (QED) is 0.327. The monoisotopic (exact) mass is 644 g/mol. The summed E-state index contributed by atoms with van der Waals surface area (Å²) < 4.78 is 13.4. The number of fused-ring (bicyclic) bond motifs is 7. The van der Waals surface area contributed by atoms with E-state index in [0.29, 0.717) is 18.8 Å². The van der Waals surface area contributed by atoms with Crippen molar-refractivity contribution in [3.05, 3.63) is 83.5 Å². The van der Waals surface area contributed by atoms with Gasteiger partial charge in [-0.3, -0.25) is 9.59 Å². The summed E-state index contributed by atoms with van der Waals surface area (Å²) in [6.45, 7) is 8.03. The first-order valence-electron chi connectivity index (χ1n) is 16.4. The maximum absolute atomic E-state index is 13.8. The van der Waals surface area contributed by atoms with Crippen molar-refractivity contribution in [3.8, 4) is 0 Å². The molecule has 0 amide bonds. The van der Waals surface area contributed by atoms with Gasteiger partial charge in [0.05, 0.1) is 12.2 Å². The van der Waals surface area contributed by atoms with Gasteiger partial charge in [-0.2, -0.15) is 0 Å². The molecule has 0 bridgehead atoms. The van der Waals surface area contributed by atoms with Crippen molar-refractivity contribution in [2.24, 2.45) is 34.5 Å². The Hall–Kier alpha value is -2.55. The summed E-state index contributed by atoms with van der Waals surface area (Å²) in [6.07, 6.45) is 7.10. The molecule has 0 aromatic heterocycles. The van der Waals surface area contributed by atoms with Gasteiger partial charge in [-0.1, -0.05) is 82.8 Å². The van der Waals surface area contributed by atoms with Gasteiger partial charge in [0.1, 0.15) is 6.61 Å². The van der Waals surface area contributed by atoms with Crippen LogP contribution in [0.4, 0.5) is 0 Å². The number of hydrogen-bond acceptors (Lipinski definition) is 7. The first kappa shape index (κ1) is 33.4. The molecule has 2 aromatic carbocycles. The number of Topliss-reactive ketones (excluding diaryl/α,β-unsaturated/α-hetero) is 1. The van der Waals surface area contributed by atoms with Crippen LogP contribution in [0.5, 0.6) is 0 Å². The molecule has 0 radical (unpaired) electrons. The predicted octanol–water partition coefficient (Wildman–Crippen LogP) is 7.28. The van der Waals surface area contributed by atoms with Gasteiger partial charge in [-0.15, -0.1) is 0 Å². The molecule has 7 rings (SSSR count). The van der Waals surface area contributed by atoms with Crippen LogP contribution in [-0.4, -0.2) is 46.2 Å². The van der Waals surface area contributed by atoms with Crippen molar-refractivity contribution < 1.29 is 29.3 Å². The molecule has 246 valence electrons. The molecular weight excluding hydrogens is 596 g/mol. The number of hydrogen-bond donors (Lipinski definition) is 2. The minimum Gasteiger partial charge on any atom is -0.393 e. The highest BCUT2D eigenvalue weighted by Crippen LogP contribution is 2.70. The highest BCUT2D eigenvalue weighted by Gasteiger charge is 2.75. The molecule has 1 heterocycles. The van der Waals surface area contributed by atoms with Crippen molar-refractivity contribution in [2.75, 3.05) is 6.61 Å². The molecule has 1 saturated heterocycles. The van der Waals surface area contributed by atoms with Crippen molar-refractivity contribution in [1.82, 2.24) is 0 Å². The van der Waals surface area contributed by atoms with Gasteiger partial charge in [-0.05, 0) is 91.8 Å². The van der Waals surface area contributed by atoms with E-state index in [2.05, 4.69) is 64.1 Å². The van der Waals surface area contributed by atoms with Crippen LogP contribution in [-0.2, 0) is 25.5 Å². The molecule has 7 heteroatoms. The number of carbonyl (C=O) groups excluding carboxylic acids is 2. The van der Waals surface area contributed by atoms with E-state index in [1.165, 1.54) is 10.5 Å². The van der Waals surface area contributed by atoms with E-state index < -0.39 is 41.5 Å². The Morgan fingerprint density at radius 2 is 1.87 bits per heavy atom. The third-order valence-electron chi connectivity index (χ3n) is 11.7. The zero-order chi connectivity index (χ0) is 31.7. The summed E-state index contributed by atoms with van der Waals surface area (Å²) in [4.78, 5) is 28.3. The Labute approximate surface area is 277 Å². The number of benzene rings is 2. The normalized spacial score (nSPS) is 37.5. The van der Waals surface area contributed by atoms with Crippen molar-refractivity contribution in [1.29, 1.82) is 0 Å². The molecule has 0 spiro atoms. The Bertz CT molecular complexity index is 1560. The smallest absolute Gasteiger partial charge is 0.193 e. The molecule has 2 N–H and O–H groups in total. The molecule has 3 saturated carbocycles. The average Bonchev–Trinajstić information content (AvgIpc) is 3.50. The second-order valence-corrected chi connectivity index (χ2v) is 15.9. The van der Waals surface area contributed by atoms with Crippen LogP contribution in [0.1, 0.15) is 78.2 Å². The third kappa shape index (κ3) is 5.09. The molecule has 6 nitrogen and oxygen atoms in total. The van der Waals surface area contributed by atoms with Gasteiger partial charge < -0.3 is 19.7 Å². The third-order valence-corrected chi connectivity index (χ3v) is 12.7. The maximum atomic E-state index is 13.8. The molecule has 46 heavy (non-hydrogen) atoms. The second-order valence-electron chi connectivity index (χ2n) is 14.8. The number of aliphatic hydroxyl groups is 2. The topological polar surface area (TPSA) is 93.1 Å². The van der Waals surface area contributed by atoms with E-state index in [9.17, 15) is 19.8 Å². The van der Waals surface area contributed by atoms with Gasteiger partial charge in [0, 0.05) is 32.1 Å². The number of rotatable bonds is 7. The van der Waals surface area contributed by atoms with Crippen LogP contribution in [0.25, 0.3) is 0 Å². The average molecular weight is 645 g/mol. The number of ketones is 2. The highest BCUT2D eigenvalue weighted by molar-refractivity contribution is 7.99. The zero-order valence-electron chi connectivity index (χ0n) is 26.6. The second kappa shape index (κ2) is 12.2. The lowest BCUT2D eigenvalue weighted by molar-refractivity contribution is -0.201. The molecule has 0 unspecified atom stereocenters. The minimum atomic E-state index is -1.34. The van der Waals surface area contributed by atoms with E-state index in [-0.39, 0.29) is 36.7 Å². The molecular formula is C39H48O6S. The molecule has 1 aliphatic heterocycles. The van der Waals surface area contributed by atoms with Gasteiger partial charge in [0.2, 0.25) is 0 Å². The van der Waals surface area contributed by atoms with Crippen molar-refractivity contribution in [2.45, 2.75) is 101 Å². The van der Waals surface area contributed by atoms with Gasteiger partial charge in [0.25, 0.3) is 0 Å². The van der Waals surface area contributed by atoms with Crippen molar-refractivity contribution in [3.63, 3.8) is 0 Å². The van der Waals surface area contributed by atoms with Gasteiger partial charge in [0.15, 0.2) is 23.5 Å². The number of carbonyl (C=O) groups is 2. The van der Waals surface area contributed by atoms with Gasteiger partial charge >= 0.3 is 0 Å². The van der Waals surface area contributed by atoms with Crippen molar-refractivity contribution >= 4 is 23.3 Å². The number of ether oxygens (including phenoxy) is 2. The summed E-state index contributed by atoms with van der Waals surface area (Å²) in [5.41, 5.74) is 0.802. The molecule has 2 aromatic rings. The SMILES string of the molecule is C.CC(C)Cc1cccc(Sc2ccc([C@@H]3O[C@@H]4C[C@H]5[C@@H]6CCC7=CC(=O)C=C[C@]7(C)[C@H]6[C@@H](O)C[C@]5(C)[C@]4(C(=O)CO)O3)cc2)c1. The lowest BCUT2D eigenvalue weighted by Gasteiger charge is -2.59. The summed E-state index contributed by atoms with van der Waals surface area (Å²) in [5.74, 6) is 0.381. The summed E-state index contributed by atoms with van der Waals surface area (Å²) in [7, 11) is 0. The van der Waals surface area contributed by atoms with E-state index in [1.807, 2.05) is 18.2 Å². The number of allylic oxidation sites excluding steroid dienone is 4. The summed E-state index contributed by atoms with van der Waals surface area (Å²) in [5, 5.41) is 22.1. The Balaban J connectivity index is 0.00000372. The standard InChI is InChI=1S/C38H44O6S.CH4/c1-22(2)16-23-6-5-7-28(17-23)45-27-11-8-24(9-12-27)35-43-33-19-30-29-13-10-25-18-26(40)14-15-36(25,3)34(29)31(41)20-37(30,4)38(33,44-35)32(42)21-39;/h5-9,11-12,14-15,17-18,22,29-31,33-35,39,41H,10,13,16,19-21H2,1-4H3;1H4/t29-,30-,31-,33+,34+,35+,36-,37-,38+;/m0./s1. The minimum absolute atomic E-state index is 0. The van der Waals surface area contributed by atoms with Crippen LogP contribution in [0.2, 0.25) is 0 Å². The number of aliphatic hydroxyl groups excluding tert-OH is 2. The van der Waals surface area contributed by atoms with E-state index >= 15 is 0 Å². The van der Waals surface area contributed by atoms with E-state index in [4.69, 9.17) is 9.47 Å². The molecule has 5 aliphatic rings. The van der Waals surface area contributed by atoms with Crippen LogP contribution in [0.15, 0.2) is 82.1 Å². The summed E-state index contributed by atoms with van der Waals surface area (Å²) in [6, 6.07) is 16.8. The zero-order valence-corrected chi connectivity index (χ0v) is 27.4. The lowest BCUT2D eigenvalue weighted by Crippen LogP contribution is -2.63. The Kier molecular flexibility index (Phi) is 8.82. The lowest BCUT2D eigenvalue weighted by atomic mass is 9.46. The van der Waals surface area contributed by atoms with Gasteiger partial charge in [-0.25, -0.2) is 0 Å². The predicted molar refractivity (Wildman–Crippen MR) is 179 cm³/mol. The Morgan fingerprint density at radius 3 is 2.59 bits per heavy atom. The van der Waals surface area contributed by atoms with E-state index in [0.717, 1.165) is 35.3 Å². The molecule has 4 aliphatic carbocycles. The van der Waals surface area contributed by atoms with Crippen LogP contribution < -0.4 is 0 Å². The largest absolute Gasteiger partial charge is 0.393 e. The molecule has 4 fully saturated rings. The fourth-order valence-corrected chi connectivity index (χ4v) is 10.8. The van der Waals surface area contributed by atoms with Crippen LogP contribution in [0, 0.1) is 34.5 Å². The van der Waals surface area contributed by atoms with Crippen LogP contribution >= 0.6 is 11.8 Å². The molecule has 9 atom stereocenters. The first-order valence-corrected chi connectivity index (χ1v) is 17.3. The summed E-state index contributed by atoms with van der Waals surface area (Å²) >= 11 is 1.71. The first-order chi connectivity index (χ1) is 21.5. The van der Waals surface area contributed by atoms with Crippen LogP contribution in [0.3, 0.4) is 0 Å². The Morgan fingerprint density at radius 1 is 1.11 bits per heavy atom.